The van der Waals surface area contributed by atoms with Gasteiger partial charge in [0.2, 0.25) is 10.0 Å². The van der Waals surface area contributed by atoms with Gasteiger partial charge in [0.25, 0.3) is 0 Å². The van der Waals surface area contributed by atoms with Crippen molar-refractivity contribution in [2.45, 2.75) is 45.6 Å². The van der Waals surface area contributed by atoms with Gasteiger partial charge in [0.15, 0.2) is 0 Å². The molecule has 0 spiro atoms. The Kier molecular flexibility index (Phi) is 6.31. The Morgan fingerprint density at radius 1 is 1.26 bits per heavy atom. The maximum Gasteiger partial charge on any atom is 0.232 e. The molecule has 0 aliphatic rings. The minimum absolute atomic E-state index is 0.130. The molecule has 1 unspecified atom stereocenters. The first-order valence-electron chi connectivity index (χ1n) is 6.77. The fourth-order valence-corrected chi connectivity index (χ4v) is 3.07. The summed E-state index contributed by atoms with van der Waals surface area (Å²) in [6.45, 7) is 3.96. The van der Waals surface area contributed by atoms with Crippen LogP contribution >= 0.6 is 0 Å². The molecule has 0 bridgehead atoms. The molecule has 0 amide bonds. The van der Waals surface area contributed by atoms with E-state index in [0.29, 0.717) is 18.5 Å². The van der Waals surface area contributed by atoms with Gasteiger partial charge in [-0.05, 0) is 30.5 Å². The van der Waals surface area contributed by atoms with Crippen LogP contribution in [0.1, 0.15) is 51.2 Å². The van der Waals surface area contributed by atoms with Crippen molar-refractivity contribution in [3.63, 3.8) is 0 Å². The summed E-state index contributed by atoms with van der Waals surface area (Å²) in [5, 5.41) is 9.91. The number of aliphatic hydroxyl groups is 1. The molecule has 1 rings (SSSR count). The van der Waals surface area contributed by atoms with Crippen molar-refractivity contribution in [1.29, 1.82) is 0 Å². The van der Waals surface area contributed by atoms with Gasteiger partial charge in [-0.3, -0.25) is 4.72 Å². The largest absolute Gasteiger partial charge is 0.388 e. The highest BCUT2D eigenvalue weighted by Gasteiger charge is 2.11. The predicted molar refractivity (Wildman–Crippen MR) is 78.6 cm³/mol. The maximum absolute atomic E-state index is 11.8. The number of hydrogen-bond donors (Lipinski definition) is 2. The Labute approximate surface area is 115 Å². The molecular weight excluding hydrogens is 262 g/mol. The zero-order chi connectivity index (χ0) is 14.3. The van der Waals surface area contributed by atoms with Crippen LogP contribution in [0.5, 0.6) is 0 Å². The summed E-state index contributed by atoms with van der Waals surface area (Å²) >= 11 is 0. The van der Waals surface area contributed by atoms with E-state index in [9.17, 15) is 13.5 Å². The van der Waals surface area contributed by atoms with E-state index in [-0.39, 0.29) is 5.75 Å². The quantitative estimate of drug-likeness (QED) is 0.771. The Morgan fingerprint density at radius 3 is 2.63 bits per heavy atom. The Balaban J connectivity index is 2.77. The van der Waals surface area contributed by atoms with Crippen LogP contribution in [-0.2, 0) is 10.0 Å². The molecule has 0 saturated carbocycles. The average Bonchev–Trinajstić information content (AvgIpc) is 2.36. The number of aliphatic hydroxyl groups excluding tert-OH is 1. The fourth-order valence-electron chi connectivity index (χ4n) is 1.81. The lowest BCUT2D eigenvalue weighted by Gasteiger charge is -2.12. The smallest absolute Gasteiger partial charge is 0.232 e. The van der Waals surface area contributed by atoms with E-state index in [2.05, 4.69) is 4.72 Å². The molecule has 2 N–H and O–H groups in total. The van der Waals surface area contributed by atoms with Crippen molar-refractivity contribution in [3.8, 4) is 0 Å². The summed E-state index contributed by atoms with van der Waals surface area (Å²) in [6.07, 6.45) is 2.51. The summed E-state index contributed by atoms with van der Waals surface area (Å²) in [6, 6.07) is 6.96. The van der Waals surface area contributed by atoms with Crippen molar-refractivity contribution < 1.29 is 13.5 Å². The second kappa shape index (κ2) is 7.50. The highest BCUT2D eigenvalue weighted by Crippen LogP contribution is 2.22. The number of rotatable bonds is 8. The van der Waals surface area contributed by atoms with E-state index in [1.54, 1.807) is 18.2 Å². The van der Waals surface area contributed by atoms with Crippen molar-refractivity contribution >= 4 is 15.7 Å². The lowest BCUT2D eigenvalue weighted by atomic mass is 10.1. The molecule has 0 saturated heterocycles. The minimum atomic E-state index is -3.28. The number of unbranched alkanes of at least 4 members (excludes halogenated alkanes) is 1. The number of nitrogens with one attached hydrogen (secondary N) is 1. The molecule has 0 aliphatic carbocycles. The van der Waals surface area contributed by atoms with Gasteiger partial charge in [0.1, 0.15) is 0 Å². The molecule has 19 heavy (non-hydrogen) atoms. The molecule has 1 aromatic rings. The molecule has 1 aromatic carbocycles. The first-order chi connectivity index (χ1) is 8.98. The maximum atomic E-state index is 11.8. The normalized spacial score (nSPS) is 13.2. The summed E-state index contributed by atoms with van der Waals surface area (Å²) in [7, 11) is -3.28. The molecule has 1 atom stereocenters. The second-order valence-electron chi connectivity index (χ2n) is 4.70. The van der Waals surface area contributed by atoms with Gasteiger partial charge in [-0.1, -0.05) is 38.8 Å². The third-order valence-electron chi connectivity index (χ3n) is 2.87. The molecule has 0 fully saturated rings. The summed E-state index contributed by atoms with van der Waals surface area (Å²) in [5.74, 6) is 0.130. The molecule has 108 valence electrons. The van der Waals surface area contributed by atoms with Gasteiger partial charge < -0.3 is 5.11 Å². The van der Waals surface area contributed by atoms with E-state index in [4.69, 9.17) is 0 Å². The summed E-state index contributed by atoms with van der Waals surface area (Å²) in [4.78, 5) is 0. The van der Waals surface area contributed by atoms with Gasteiger partial charge in [-0.15, -0.1) is 0 Å². The molecular formula is C14H23NO3S. The highest BCUT2D eigenvalue weighted by molar-refractivity contribution is 7.92. The molecule has 5 heteroatoms. The van der Waals surface area contributed by atoms with Crippen LogP contribution in [0.3, 0.4) is 0 Å². The molecule has 4 nitrogen and oxygen atoms in total. The first-order valence-corrected chi connectivity index (χ1v) is 8.42. The monoisotopic (exact) mass is 285 g/mol. The van der Waals surface area contributed by atoms with E-state index in [1.165, 1.54) is 0 Å². The number of sulfonamides is 1. The van der Waals surface area contributed by atoms with Crippen LogP contribution in [0.2, 0.25) is 0 Å². The van der Waals surface area contributed by atoms with Crippen LogP contribution in [0.15, 0.2) is 24.3 Å². The van der Waals surface area contributed by atoms with E-state index < -0.39 is 16.1 Å². The second-order valence-corrected chi connectivity index (χ2v) is 6.55. The van der Waals surface area contributed by atoms with Gasteiger partial charge in [0, 0.05) is 5.69 Å². The van der Waals surface area contributed by atoms with E-state index >= 15 is 0 Å². The standard InChI is InChI=1S/C14H23NO3S/c1-3-5-10-19(17,18)15-13-9-6-8-12(11-13)14(16)7-4-2/h6,8-9,11,14-16H,3-5,7,10H2,1-2H3. The van der Waals surface area contributed by atoms with E-state index in [0.717, 1.165) is 18.4 Å². The van der Waals surface area contributed by atoms with E-state index in [1.807, 2.05) is 19.9 Å². The first kappa shape index (κ1) is 16.0. The van der Waals surface area contributed by atoms with Crippen LogP contribution < -0.4 is 4.72 Å². The van der Waals surface area contributed by atoms with Crippen LogP contribution in [0.25, 0.3) is 0 Å². The zero-order valence-electron chi connectivity index (χ0n) is 11.6. The summed E-state index contributed by atoms with van der Waals surface area (Å²) < 4.78 is 26.1. The van der Waals surface area contributed by atoms with Crippen molar-refractivity contribution in [2.24, 2.45) is 0 Å². The van der Waals surface area contributed by atoms with Gasteiger partial charge in [-0.25, -0.2) is 8.42 Å². The zero-order valence-corrected chi connectivity index (χ0v) is 12.4. The van der Waals surface area contributed by atoms with Crippen LogP contribution in [-0.4, -0.2) is 19.3 Å². The predicted octanol–water partition coefficient (Wildman–Crippen LogP) is 3.06. The van der Waals surface area contributed by atoms with Crippen molar-refractivity contribution in [3.05, 3.63) is 29.8 Å². The number of benzene rings is 1. The molecule has 0 radical (unpaired) electrons. The topological polar surface area (TPSA) is 66.4 Å². The molecule has 0 aromatic heterocycles. The van der Waals surface area contributed by atoms with Gasteiger partial charge in [-0.2, -0.15) is 0 Å². The lowest BCUT2D eigenvalue weighted by molar-refractivity contribution is 0.166. The Morgan fingerprint density at radius 2 is 2.00 bits per heavy atom. The Bertz CT molecular complexity index is 485. The van der Waals surface area contributed by atoms with Gasteiger partial charge in [0.05, 0.1) is 11.9 Å². The van der Waals surface area contributed by atoms with Crippen molar-refractivity contribution in [2.75, 3.05) is 10.5 Å². The fraction of sp³-hybridized carbons (Fsp3) is 0.571. The van der Waals surface area contributed by atoms with Crippen LogP contribution in [0, 0.1) is 0 Å². The average molecular weight is 285 g/mol. The van der Waals surface area contributed by atoms with Crippen LogP contribution in [0.4, 0.5) is 5.69 Å². The molecule has 0 aliphatic heterocycles. The Hall–Kier alpha value is -1.07. The highest BCUT2D eigenvalue weighted by atomic mass is 32.2. The lowest BCUT2D eigenvalue weighted by Crippen LogP contribution is -2.16. The SMILES string of the molecule is CCCCS(=O)(=O)Nc1cccc(C(O)CCC)c1. The third-order valence-corrected chi connectivity index (χ3v) is 4.25. The number of hydrogen-bond acceptors (Lipinski definition) is 3. The summed E-state index contributed by atoms with van der Waals surface area (Å²) in [5.41, 5.74) is 1.27. The van der Waals surface area contributed by atoms with Gasteiger partial charge >= 0.3 is 0 Å². The molecule has 0 heterocycles. The third kappa shape index (κ3) is 5.61. The minimum Gasteiger partial charge on any atom is -0.388 e. The number of anilines is 1. The van der Waals surface area contributed by atoms with Crippen molar-refractivity contribution in [1.82, 2.24) is 0 Å².